The Balaban J connectivity index is 1.32. The van der Waals surface area contributed by atoms with Crippen LogP contribution in [-0.4, -0.2) is 16.9 Å². The van der Waals surface area contributed by atoms with Gasteiger partial charge >= 0.3 is 0 Å². The van der Waals surface area contributed by atoms with Crippen LogP contribution in [-0.2, 0) is 11.2 Å². The number of carbonyl (C=O) groups excluding carboxylic acids is 2. The number of fused-ring (bicyclic) bond motifs is 1. The summed E-state index contributed by atoms with van der Waals surface area (Å²) >= 11 is 5.29. The van der Waals surface area contributed by atoms with Crippen LogP contribution in [0.15, 0.2) is 91.0 Å². The van der Waals surface area contributed by atoms with E-state index in [2.05, 4.69) is 16.0 Å². The molecule has 6 heteroatoms. The van der Waals surface area contributed by atoms with Gasteiger partial charge in [-0.2, -0.15) is 0 Å². The molecule has 33 heavy (non-hydrogen) atoms. The highest BCUT2D eigenvalue weighted by Crippen LogP contribution is 2.19. The molecule has 3 N–H and O–H groups in total. The molecule has 0 aliphatic rings. The Morgan fingerprint density at radius 3 is 2.15 bits per heavy atom. The molecule has 0 unspecified atom stereocenters. The van der Waals surface area contributed by atoms with Crippen molar-refractivity contribution in [1.29, 1.82) is 0 Å². The summed E-state index contributed by atoms with van der Waals surface area (Å²) in [6.07, 6.45) is 0.229. The van der Waals surface area contributed by atoms with E-state index in [-0.39, 0.29) is 23.3 Å². The van der Waals surface area contributed by atoms with Crippen molar-refractivity contribution in [2.45, 2.75) is 13.3 Å². The molecule has 4 aromatic carbocycles. The number of thiocarbonyl (C=S) groups is 1. The van der Waals surface area contributed by atoms with Gasteiger partial charge < -0.3 is 16.0 Å². The first-order valence-corrected chi connectivity index (χ1v) is 10.9. The number of anilines is 2. The molecule has 0 fully saturated rings. The van der Waals surface area contributed by atoms with Gasteiger partial charge in [0.2, 0.25) is 5.91 Å². The number of nitrogens with one attached hydrogen (secondary N) is 3. The highest BCUT2D eigenvalue weighted by molar-refractivity contribution is 7.80. The predicted molar refractivity (Wildman–Crippen MR) is 138 cm³/mol. The van der Waals surface area contributed by atoms with Gasteiger partial charge in [0.1, 0.15) is 0 Å². The summed E-state index contributed by atoms with van der Waals surface area (Å²) < 4.78 is 0. The average Bonchev–Trinajstić information content (AvgIpc) is 2.80. The fourth-order valence-electron chi connectivity index (χ4n) is 3.62. The molecular formula is C27H23N3O2S. The zero-order valence-corrected chi connectivity index (χ0v) is 18.9. The van der Waals surface area contributed by atoms with E-state index in [1.165, 1.54) is 0 Å². The van der Waals surface area contributed by atoms with E-state index in [1.54, 1.807) is 30.3 Å². The smallest absolute Gasteiger partial charge is 0.255 e. The molecule has 0 heterocycles. The summed E-state index contributed by atoms with van der Waals surface area (Å²) in [5.41, 5.74) is 3.87. The molecule has 5 nitrogen and oxygen atoms in total. The third kappa shape index (κ3) is 5.61. The van der Waals surface area contributed by atoms with E-state index in [1.807, 2.05) is 67.6 Å². The highest BCUT2D eigenvalue weighted by atomic mass is 32.1. The van der Waals surface area contributed by atoms with Gasteiger partial charge in [0.05, 0.1) is 6.42 Å². The van der Waals surface area contributed by atoms with Gasteiger partial charge in [0.15, 0.2) is 5.11 Å². The molecule has 0 atom stereocenters. The molecule has 0 aliphatic heterocycles. The second kappa shape index (κ2) is 10.1. The van der Waals surface area contributed by atoms with E-state index >= 15 is 0 Å². The number of benzene rings is 4. The first-order chi connectivity index (χ1) is 16.0. The normalized spacial score (nSPS) is 10.5. The van der Waals surface area contributed by atoms with E-state index < -0.39 is 0 Å². The molecule has 2 amide bonds. The standard InChI is InChI=1S/C27H23N3O2S/c1-18-7-2-4-11-23(18)26(32)28-21-13-15-22(16-14-21)29-27(33)30-25(31)17-20-10-6-9-19-8-3-5-12-24(19)20/h2-16H,17H2,1H3,(H,28,32)(H2,29,30,31,33). The third-order valence-electron chi connectivity index (χ3n) is 5.27. The van der Waals surface area contributed by atoms with Gasteiger partial charge in [-0.1, -0.05) is 60.7 Å². The lowest BCUT2D eigenvalue weighted by molar-refractivity contribution is -0.119. The predicted octanol–water partition coefficient (Wildman–Crippen LogP) is 5.46. The van der Waals surface area contributed by atoms with Crippen molar-refractivity contribution in [2.24, 2.45) is 0 Å². The second-order valence-electron chi connectivity index (χ2n) is 7.66. The number of hydrogen-bond acceptors (Lipinski definition) is 3. The quantitative estimate of drug-likeness (QED) is 0.351. The molecule has 4 rings (SSSR count). The first kappa shape index (κ1) is 22.2. The van der Waals surface area contributed by atoms with Gasteiger partial charge in [-0.25, -0.2) is 0 Å². The van der Waals surface area contributed by atoms with Gasteiger partial charge in [-0.15, -0.1) is 0 Å². The Morgan fingerprint density at radius 1 is 0.758 bits per heavy atom. The molecule has 0 saturated carbocycles. The molecule has 0 bridgehead atoms. The van der Waals surface area contributed by atoms with Crippen LogP contribution in [0.2, 0.25) is 0 Å². The van der Waals surface area contributed by atoms with Crippen LogP contribution in [0.1, 0.15) is 21.5 Å². The Kier molecular flexibility index (Phi) is 6.76. The van der Waals surface area contributed by atoms with Crippen LogP contribution < -0.4 is 16.0 Å². The van der Waals surface area contributed by atoms with Crippen molar-refractivity contribution in [1.82, 2.24) is 5.32 Å². The summed E-state index contributed by atoms with van der Waals surface area (Å²) in [5, 5.41) is 11.0. The summed E-state index contributed by atoms with van der Waals surface area (Å²) in [5.74, 6) is -0.351. The molecule has 0 radical (unpaired) electrons. The fourth-order valence-corrected chi connectivity index (χ4v) is 3.85. The lowest BCUT2D eigenvalue weighted by Gasteiger charge is -2.12. The monoisotopic (exact) mass is 453 g/mol. The van der Waals surface area contributed by atoms with Crippen molar-refractivity contribution >= 4 is 51.3 Å². The molecule has 0 aromatic heterocycles. The topological polar surface area (TPSA) is 70.2 Å². The first-order valence-electron chi connectivity index (χ1n) is 10.5. The number of hydrogen-bond donors (Lipinski definition) is 3. The Bertz CT molecular complexity index is 1330. The van der Waals surface area contributed by atoms with Gasteiger partial charge in [0, 0.05) is 16.9 Å². The van der Waals surface area contributed by atoms with Gasteiger partial charge in [0.25, 0.3) is 5.91 Å². The summed E-state index contributed by atoms with van der Waals surface area (Å²) in [7, 11) is 0. The fraction of sp³-hybridized carbons (Fsp3) is 0.0741. The molecule has 0 aliphatic carbocycles. The minimum absolute atomic E-state index is 0.162. The minimum atomic E-state index is -0.189. The van der Waals surface area contributed by atoms with E-state index in [0.29, 0.717) is 16.9 Å². The maximum Gasteiger partial charge on any atom is 0.255 e. The molecule has 4 aromatic rings. The number of amides is 2. The van der Waals surface area contributed by atoms with Gasteiger partial charge in [-0.3, -0.25) is 9.59 Å². The van der Waals surface area contributed by atoms with Crippen molar-refractivity contribution in [3.63, 3.8) is 0 Å². The summed E-state index contributed by atoms with van der Waals surface area (Å²) in [6, 6.07) is 28.4. The SMILES string of the molecule is Cc1ccccc1C(=O)Nc1ccc(NC(=S)NC(=O)Cc2cccc3ccccc23)cc1. The average molecular weight is 454 g/mol. The van der Waals surface area contributed by atoms with Crippen molar-refractivity contribution in [3.05, 3.63) is 108 Å². The lowest BCUT2D eigenvalue weighted by atomic mass is 10.0. The van der Waals surface area contributed by atoms with Gasteiger partial charge in [-0.05, 0) is 71.4 Å². The molecular weight excluding hydrogens is 430 g/mol. The number of aryl methyl sites for hydroxylation is 1. The zero-order valence-electron chi connectivity index (χ0n) is 18.1. The second-order valence-corrected chi connectivity index (χ2v) is 8.07. The minimum Gasteiger partial charge on any atom is -0.332 e. The maximum absolute atomic E-state index is 12.5. The van der Waals surface area contributed by atoms with Crippen LogP contribution in [0.3, 0.4) is 0 Å². The van der Waals surface area contributed by atoms with Crippen molar-refractivity contribution in [3.8, 4) is 0 Å². The van der Waals surface area contributed by atoms with Crippen LogP contribution in [0.5, 0.6) is 0 Å². The molecule has 0 saturated heterocycles. The largest absolute Gasteiger partial charge is 0.332 e. The third-order valence-corrected chi connectivity index (χ3v) is 5.48. The maximum atomic E-state index is 12.5. The highest BCUT2D eigenvalue weighted by Gasteiger charge is 2.10. The van der Waals surface area contributed by atoms with Crippen LogP contribution in [0, 0.1) is 6.92 Å². The van der Waals surface area contributed by atoms with E-state index in [4.69, 9.17) is 12.2 Å². The Labute approximate surface area is 197 Å². The summed E-state index contributed by atoms with van der Waals surface area (Å²) in [4.78, 5) is 25.0. The van der Waals surface area contributed by atoms with E-state index in [9.17, 15) is 9.59 Å². The van der Waals surface area contributed by atoms with Crippen LogP contribution >= 0.6 is 12.2 Å². The lowest BCUT2D eigenvalue weighted by Crippen LogP contribution is -2.35. The Morgan fingerprint density at radius 2 is 1.39 bits per heavy atom. The van der Waals surface area contributed by atoms with E-state index in [0.717, 1.165) is 21.9 Å². The Hall–Kier alpha value is -4.03. The zero-order chi connectivity index (χ0) is 23.2. The number of carbonyl (C=O) groups is 2. The number of rotatable bonds is 5. The molecule has 0 spiro atoms. The van der Waals surface area contributed by atoms with Crippen LogP contribution in [0.25, 0.3) is 10.8 Å². The summed E-state index contributed by atoms with van der Waals surface area (Å²) in [6.45, 7) is 1.90. The van der Waals surface area contributed by atoms with Crippen molar-refractivity contribution in [2.75, 3.05) is 10.6 Å². The molecule has 164 valence electrons. The van der Waals surface area contributed by atoms with Crippen LogP contribution in [0.4, 0.5) is 11.4 Å². The van der Waals surface area contributed by atoms with Crippen molar-refractivity contribution < 1.29 is 9.59 Å².